The highest BCUT2D eigenvalue weighted by Crippen LogP contribution is 2.27. The van der Waals surface area contributed by atoms with Gasteiger partial charge in [-0.1, -0.05) is 11.2 Å². The number of benzene rings is 1. The van der Waals surface area contributed by atoms with Crippen molar-refractivity contribution in [1.82, 2.24) is 20.3 Å². The van der Waals surface area contributed by atoms with Crippen molar-refractivity contribution in [2.24, 2.45) is 0 Å². The number of nitrogens with zero attached hydrogens (tertiary/aromatic N) is 3. The van der Waals surface area contributed by atoms with E-state index in [1.807, 2.05) is 23.1 Å². The number of carbonyl (C=O) groups is 2. The molecule has 3 rings (SSSR count). The molecule has 1 N–H and O–H groups in total. The molecule has 0 saturated carbocycles. The fourth-order valence-corrected chi connectivity index (χ4v) is 3.35. The highest BCUT2D eigenvalue weighted by molar-refractivity contribution is 5.88. The molecule has 1 aliphatic rings. The Kier molecular flexibility index (Phi) is 6.71. The van der Waals surface area contributed by atoms with Gasteiger partial charge in [0.25, 0.3) is 0 Å². The van der Waals surface area contributed by atoms with Crippen LogP contribution in [-0.4, -0.2) is 67.2 Å². The Morgan fingerprint density at radius 3 is 2.86 bits per heavy atom. The lowest BCUT2D eigenvalue weighted by Gasteiger charge is -2.35. The van der Waals surface area contributed by atoms with Gasteiger partial charge in [-0.15, -0.1) is 0 Å². The molecule has 9 heteroatoms. The predicted molar refractivity (Wildman–Crippen MR) is 104 cm³/mol. The lowest BCUT2D eigenvalue weighted by Crippen LogP contribution is -2.56. The van der Waals surface area contributed by atoms with E-state index in [1.54, 1.807) is 32.2 Å². The number of rotatable bonds is 8. The minimum atomic E-state index is -0.553. The smallest absolute Gasteiger partial charge is 0.237 e. The topological polar surface area (TPSA) is 97.1 Å². The number of hydrogen-bond donors (Lipinski definition) is 1. The first-order valence-corrected chi connectivity index (χ1v) is 9.37. The molecule has 156 valence electrons. The van der Waals surface area contributed by atoms with Gasteiger partial charge in [0.2, 0.25) is 11.8 Å². The summed E-state index contributed by atoms with van der Waals surface area (Å²) in [7, 11) is 4.89. The molecule has 0 unspecified atom stereocenters. The van der Waals surface area contributed by atoms with Gasteiger partial charge in [-0.2, -0.15) is 0 Å². The SMILES string of the molecule is COc1ccc(CN2CCNC(=O)[C@@H]2CC(=O)N(C)Cc2ccon2)c(OC)c1. The average molecular weight is 402 g/mol. The standard InChI is InChI=1S/C20H26N4O5/c1-23(13-15-6-9-29-22-15)19(25)11-17-20(26)21-7-8-24(17)12-14-4-5-16(27-2)10-18(14)28-3/h4-6,9-10,17H,7-8,11-13H2,1-3H3,(H,21,26)/t17-/m0/s1. The van der Waals surface area contributed by atoms with Crippen molar-refractivity contribution in [3.63, 3.8) is 0 Å². The molecule has 9 nitrogen and oxygen atoms in total. The van der Waals surface area contributed by atoms with E-state index in [1.165, 1.54) is 6.26 Å². The summed E-state index contributed by atoms with van der Waals surface area (Å²) < 4.78 is 15.5. The summed E-state index contributed by atoms with van der Waals surface area (Å²) in [6, 6.07) is 6.74. The highest BCUT2D eigenvalue weighted by atomic mass is 16.5. The first-order valence-electron chi connectivity index (χ1n) is 9.37. The summed E-state index contributed by atoms with van der Waals surface area (Å²) in [6.07, 6.45) is 1.55. The van der Waals surface area contributed by atoms with Gasteiger partial charge in [-0.05, 0) is 6.07 Å². The minimum Gasteiger partial charge on any atom is -0.497 e. The van der Waals surface area contributed by atoms with E-state index in [4.69, 9.17) is 14.0 Å². The molecule has 2 aromatic rings. The molecule has 1 aromatic heterocycles. The van der Waals surface area contributed by atoms with Crippen LogP contribution in [0.5, 0.6) is 11.5 Å². The first kappa shape index (κ1) is 20.7. The van der Waals surface area contributed by atoms with Crippen LogP contribution in [0.2, 0.25) is 0 Å². The second-order valence-corrected chi connectivity index (χ2v) is 6.90. The molecule has 0 radical (unpaired) electrons. The maximum atomic E-state index is 12.7. The molecule has 0 spiro atoms. The van der Waals surface area contributed by atoms with Crippen LogP contribution in [0.15, 0.2) is 35.1 Å². The normalized spacial score (nSPS) is 16.9. The van der Waals surface area contributed by atoms with Crippen molar-refractivity contribution < 1.29 is 23.6 Å². The van der Waals surface area contributed by atoms with Crippen LogP contribution in [0.4, 0.5) is 0 Å². The van der Waals surface area contributed by atoms with E-state index >= 15 is 0 Å². The average Bonchev–Trinajstić information content (AvgIpc) is 3.23. The molecule has 29 heavy (non-hydrogen) atoms. The van der Waals surface area contributed by atoms with E-state index in [2.05, 4.69) is 10.5 Å². The van der Waals surface area contributed by atoms with Crippen LogP contribution in [0.1, 0.15) is 17.7 Å². The van der Waals surface area contributed by atoms with Crippen molar-refractivity contribution in [3.05, 3.63) is 41.8 Å². The van der Waals surface area contributed by atoms with Gasteiger partial charge in [0.05, 0.1) is 33.2 Å². The predicted octanol–water partition coefficient (Wildman–Crippen LogP) is 1.04. The number of ether oxygens (including phenoxy) is 2. The van der Waals surface area contributed by atoms with E-state index in [-0.39, 0.29) is 18.2 Å². The van der Waals surface area contributed by atoms with Crippen LogP contribution in [0.3, 0.4) is 0 Å². The van der Waals surface area contributed by atoms with E-state index in [0.717, 1.165) is 5.56 Å². The Hall–Kier alpha value is -3.07. The molecular formula is C20H26N4O5. The van der Waals surface area contributed by atoms with Crippen molar-refractivity contribution in [2.75, 3.05) is 34.4 Å². The molecule has 0 bridgehead atoms. The molecule has 1 saturated heterocycles. The van der Waals surface area contributed by atoms with Crippen LogP contribution in [-0.2, 0) is 22.7 Å². The van der Waals surface area contributed by atoms with Crippen molar-refractivity contribution in [2.45, 2.75) is 25.6 Å². The lowest BCUT2D eigenvalue weighted by molar-refractivity contribution is -0.138. The van der Waals surface area contributed by atoms with Gasteiger partial charge in [-0.25, -0.2) is 0 Å². The highest BCUT2D eigenvalue weighted by Gasteiger charge is 2.33. The summed E-state index contributed by atoms with van der Waals surface area (Å²) >= 11 is 0. The van der Waals surface area contributed by atoms with Gasteiger partial charge >= 0.3 is 0 Å². The summed E-state index contributed by atoms with van der Waals surface area (Å²) in [4.78, 5) is 28.8. The molecule has 1 atom stereocenters. The number of methoxy groups -OCH3 is 2. The third-order valence-corrected chi connectivity index (χ3v) is 4.99. The monoisotopic (exact) mass is 402 g/mol. The van der Waals surface area contributed by atoms with E-state index in [0.29, 0.717) is 43.4 Å². The Labute approximate surface area is 169 Å². The third-order valence-electron chi connectivity index (χ3n) is 4.99. The number of hydrogen-bond acceptors (Lipinski definition) is 7. The third kappa shape index (κ3) is 5.05. The van der Waals surface area contributed by atoms with Crippen LogP contribution >= 0.6 is 0 Å². The zero-order valence-corrected chi connectivity index (χ0v) is 16.9. The van der Waals surface area contributed by atoms with Crippen LogP contribution in [0, 0.1) is 0 Å². The summed E-state index contributed by atoms with van der Waals surface area (Å²) in [5.41, 5.74) is 1.59. The van der Waals surface area contributed by atoms with Crippen molar-refractivity contribution in [1.29, 1.82) is 0 Å². The first-order chi connectivity index (χ1) is 14.0. The molecular weight excluding hydrogens is 376 g/mol. The van der Waals surface area contributed by atoms with Gasteiger partial charge in [-0.3, -0.25) is 14.5 Å². The lowest BCUT2D eigenvalue weighted by atomic mass is 10.1. The van der Waals surface area contributed by atoms with Gasteiger partial charge in [0.15, 0.2) is 0 Å². The van der Waals surface area contributed by atoms with E-state index < -0.39 is 6.04 Å². The quantitative estimate of drug-likeness (QED) is 0.705. The number of piperazine rings is 1. The molecule has 1 aliphatic heterocycles. The fraction of sp³-hybridized carbons (Fsp3) is 0.450. The summed E-state index contributed by atoms with van der Waals surface area (Å²) in [6.45, 7) is 2.00. The molecule has 0 aliphatic carbocycles. The summed E-state index contributed by atoms with van der Waals surface area (Å²) in [5.74, 6) is 1.10. The second-order valence-electron chi connectivity index (χ2n) is 6.90. The maximum absolute atomic E-state index is 12.7. The van der Waals surface area contributed by atoms with Gasteiger partial charge in [0.1, 0.15) is 23.5 Å². The summed E-state index contributed by atoms with van der Waals surface area (Å²) in [5, 5.41) is 6.68. The minimum absolute atomic E-state index is 0.0820. The number of carbonyl (C=O) groups excluding carboxylic acids is 2. The second kappa shape index (κ2) is 9.42. The number of aromatic nitrogens is 1. The van der Waals surface area contributed by atoms with Gasteiger partial charge in [0, 0.05) is 44.4 Å². The zero-order valence-electron chi connectivity index (χ0n) is 16.9. The zero-order chi connectivity index (χ0) is 20.8. The Morgan fingerprint density at radius 1 is 1.34 bits per heavy atom. The fourth-order valence-electron chi connectivity index (χ4n) is 3.35. The molecule has 1 fully saturated rings. The molecule has 2 amide bonds. The Balaban J connectivity index is 1.70. The number of amides is 2. The van der Waals surface area contributed by atoms with Crippen LogP contribution in [0.25, 0.3) is 0 Å². The Bertz CT molecular complexity index is 839. The number of nitrogens with one attached hydrogen (secondary N) is 1. The van der Waals surface area contributed by atoms with Crippen LogP contribution < -0.4 is 14.8 Å². The van der Waals surface area contributed by atoms with E-state index in [9.17, 15) is 9.59 Å². The van der Waals surface area contributed by atoms with Crippen molar-refractivity contribution in [3.8, 4) is 11.5 Å². The Morgan fingerprint density at radius 2 is 2.17 bits per heavy atom. The maximum Gasteiger partial charge on any atom is 0.237 e. The van der Waals surface area contributed by atoms with Crippen molar-refractivity contribution >= 4 is 11.8 Å². The molecule has 2 heterocycles. The van der Waals surface area contributed by atoms with Gasteiger partial charge < -0.3 is 24.2 Å². The largest absolute Gasteiger partial charge is 0.497 e. The molecule has 1 aromatic carbocycles.